The number of rotatable bonds is 4. The summed E-state index contributed by atoms with van der Waals surface area (Å²) in [6, 6.07) is 21.0. The van der Waals surface area contributed by atoms with Crippen molar-refractivity contribution in [1.82, 2.24) is 9.97 Å². The number of hydrogen-bond acceptors (Lipinski definition) is 5. The number of aromatic nitrogens is 2. The van der Waals surface area contributed by atoms with E-state index >= 15 is 0 Å². The molecule has 6 heteroatoms. The standard InChI is InChI=1S/C21H14N2S.C9H16O2.Ir/c1-13-5-4-7-15-16-11-12-22-19(21(16)24-20(13)15)18-10-9-14-6-2-3-8-17(14)23-18;1-6(2)8(10)5-9(11)7(3)4;/h2-12H,1H3;5-7,10H,1-4H3;/b;8-5-;. The van der Waals surface area contributed by atoms with Crippen LogP contribution in [0.4, 0.5) is 0 Å². The summed E-state index contributed by atoms with van der Waals surface area (Å²) in [5.74, 6) is 0.161. The molecule has 187 valence electrons. The SMILES string of the molecule is CC(C)C(=O)/C=C(\O)C(C)C.Cc1cccc2c1sc1c(-c3ccc4ccccc4n3)nccc12.[Ir]. The van der Waals surface area contributed by atoms with Gasteiger partial charge in [0.2, 0.25) is 0 Å². The van der Waals surface area contributed by atoms with Crippen LogP contribution in [0.15, 0.2) is 78.7 Å². The van der Waals surface area contributed by atoms with Gasteiger partial charge in [-0.3, -0.25) is 9.78 Å². The van der Waals surface area contributed by atoms with Crippen LogP contribution in [0.25, 0.3) is 42.5 Å². The summed E-state index contributed by atoms with van der Waals surface area (Å²) in [5, 5.41) is 12.9. The fourth-order valence-corrected chi connectivity index (χ4v) is 4.99. The van der Waals surface area contributed by atoms with Crippen LogP contribution in [0.3, 0.4) is 0 Å². The summed E-state index contributed by atoms with van der Waals surface area (Å²) < 4.78 is 2.55. The molecule has 36 heavy (non-hydrogen) atoms. The Morgan fingerprint density at radius 2 is 1.61 bits per heavy atom. The van der Waals surface area contributed by atoms with Crippen molar-refractivity contribution in [1.29, 1.82) is 0 Å². The first-order valence-electron chi connectivity index (χ1n) is 11.8. The average Bonchev–Trinajstić information content (AvgIpc) is 3.24. The van der Waals surface area contributed by atoms with Crippen molar-refractivity contribution < 1.29 is 30.0 Å². The number of fused-ring (bicyclic) bond motifs is 4. The Bertz CT molecular complexity index is 1550. The van der Waals surface area contributed by atoms with Gasteiger partial charge in [-0.25, -0.2) is 4.98 Å². The van der Waals surface area contributed by atoms with E-state index in [1.54, 1.807) is 0 Å². The Morgan fingerprint density at radius 1 is 0.889 bits per heavy atom. The molecule has 0 aliphatic carbocycles. The third-order valence-electron chi connectivity index (χ3n) is 5.90. The van der Waals surface area contributed by atoms with Gasteiger partial charge in [0.15, 0.2) is 5.78 Å². The van der Waals surface area contributed by atoms with Crippen LogP contribution in [0, 0.1) is 18.8 Å². The van der Waals surface area contributed by atoms with E-state index in [1.165, 1.54) is 31.8 Å². The Labute approximate surface area is 229 Å². The number of para-hydroxylation sites is 1. The maximum Gasteiger partial charge on any atom is 0.161 e. The Morgan fingerprint density at radius 3 is 2.33 bits per heavy atom. The molecule has 4 nitrogen and oxygen atoms in total. The minimum Gasteiger partial charge on any atom is -0.512 e. The molecule has 5 aromatic rings. The van der Waals surface area contributed by atoms with Crippen LogP contribution >= 0.6 is 11.3 Å². The van der Waals surface area contributed by atoms with E-state index < -0.39 is 0 Å². The predicted molar refractivity (Wildman–Crippen MR) is 148 cm³/mol. The number of ketones is 1. The van der Waals surface area contributed by atoms with E-state index in [2.05, 4.69) is 54.4 Å². The molecule has 0 fully saturated rings. The zero-order valence-corrected chi connectivity index (χ0v) is 24.3. The number of carbonyl (C=O) groups is 1. The summed E-state index contributed by atoms with van der Waals surface area (Å²) in [6.07, 6.45) is 3.21. The fourth-order valence-electron chi connectivity index (χ4n) is 3.73. The number of aliphatic hydroxyl groups is 1. The van der Waals surface area contributed by atoms with Crippen LogP contribution in [0.2, 0.25) is 0 Å². The van der Waals surface area contributed by atoms with E-state index in [0.29, 0.717) is 0 Å². The number of carbonyl (C=O) groups excluding carboxylic acids is 1. The molecule has 0 amide bonds. The Kier molecular flexibility index (Phi) is 9.13. The van der Waals surface area contributed by atoms with Gasteiger partial charge in [0.25, 0.3) is 0 Å². The van der Waals surface area contributed by atoms with Gasteiger partial charge in [-0.1, -0.05) is 70.2 Å². The second-order valence-electron chi connectivity index (χ2n) is 9.26. The molecular formula is C30H30IrN2O2S. The maximum absolute atomic E-state index is 11.0. The third-order valence-corrected chi connectivity index (χ3v) is 7.27. The Hall–Kier alpha value is -2.92. The maximum atomic E-state index is 11.0. The normalized spacial score (nSPS) is 11.6. The van der Waals surface area contributed by atoms with E-state index in [1.807, 2.05) is 63.4 Å². The third kappa shape index (κ3) is 5.89. The monoisotopic (exact) mass is 675 g/mol. The van der Waals surface area contributed by atoms with Gasteiger partial charge in [-0.2, -0.15) is 0 Å². The number of hydrogen-bond donors (Lipinski definition) is 1. The first-order valence-corrected chi connectivity index (χ1v) is 12.6. The molecule has 0 saturated heterocycles. The number of aryl methyl sites for hydroxylation is 1. The summed E-state index contributed by atoms with van der Waals surface area (Å²) in [5.41, 5.74) is 4.22. The van der Waals surface area contributed by atoms with E-state index in [-0.39, 0.29) is 43.5 Å². The van der Waals surface area contributed by atoms with E-state index in [9.17, 15) is 9.90 Å². The molecule has 0 aliphatic rings. The second kappa shape index (κ2) is 11.9. The number of nitrogens with zero attached hydrogens (tertiary/aromatic N) is 2. The van der Waals surface area contributed by atoms with Crippen LogP contribution in [-0.2, 0) is 24.9 Å². The number of aliphatic hydroxyl groups excluding tert-OH is 1. The molecule has 3 aromatic heterocycles. The summed E-state index contributed by atoms with van der Waals surface area (Å²) in [6.45, 7) is 9.48. The van der Waals surface area contributed by atoms with Crippen LogP contribution in [0.5, 0.6) is 0 Å². The average molecular weight is 675 g/mol. The molecule has 1 radical (unpaired) electrons. The Balaban J connectivity index is 0.000000260. The molecule has 5 rings (SSSR count). The molecule has 2 aromatic carbocycles. The minimum atomic E-state index is -0.0316. The molecule has 3 heterocycles. The smallest absolute Gasteiger partial charge is 0.161 e. The van der Waals surface area contributed by atoms with Crippen molar-refractivity contribution in [2.24, 2.45) is 11.8 Å². The summed E-state index contributed by atoms with van der Waals surface area (Å²) in [7, 11) is 0. The molecule has 1 N–H and O–H groups in total. The first kappa shape index (κ1) is 27.7. The minimum absolute atomic E-state index is 0. The molecule has 0 atom stereocenters. The van der Waals surface area contributed by atoms with Gasteiger partial charge in [0, 0.05) is 65.1 Å². The number of pyridine rings is 2. The van der Waals surface area contributed by atoms with Crippen molar-refractivity contribution >= 4 is 48.2 Å². The van der Waals surface area contributed by atoms with Crippen molar-refractivity contribution in [3.05, 3.63) is 84.3 Å². The summed E-state index contributed by atoms with van der Waals surface area (Å²) in [4.78, 5) is 20.5. The van der Waals surface area contributed by atoms with Gasteiger partial charge in [-0.05, 0) is 30.7 Å². The molecule has 0 aliphatic heterocycles. The quantitative estimate of drug-likeness (QED) is 0.154. The van der Waals surface area contributed by atoms with Gasteiger partial charge < -0.3 is 5.11 Å². The first-order chi connectivity index (χ1) is 16.8. The van der Waals surface area contributed by atoms with Crippen molar-refractivity contribution in [2.75, 3.05) is 0 Å². The molecule has 0 unspecified atom stereocenters. The molecule has 0 saturated carbocycles. The molecule has 0 bridgehead atoms. The number of benzene rings is 2. The zero-order valence-electron chi connectivity index (χ0n) is 21.1. The fraction of sp³-hybridized carbons (Fsp3) is 0.233. The van der Waals surface area contributed by atoms with Crippen LogP contribution in [0.1, 0.15) is 33.3 Å². The van der Waals surface area contributed by atoms with Gasteiger partial charge >= 0.3 is 0 Å². The largest absolute Gasteiger partial charge is 0.512 e. The number of allylic oxidation sites excluding steroid dienone is 2. The predicted octanol–water partition coefficient (Wildman–Crippen LogP) is 8.28. The number of thiophene rings is 1. The molecular weight excluding hydrogens is 645 g/mol. The van der Waals surface area contributed by atoms with Crippen molar-refractivity contribution in [3.8, 4) is 11.4 Å². The summed E-state index contributed by atoms with van der Waals surface area (Å²) >= 11 is 1.81. The van der Waals surface area contributed by atoms with Gasteiger partial charge in [-0.15, -0.1) is 11.3 Å². The second-order valence-corrected chi connectivity index (χ2v) is 10.3. The van der Waals surface area contributed by atoms with Crippen molar-refractivity contribution in [2.45, 2.75) is 34.6 Å². The zero-order chi connectivity index (χ0) is 25.1. The van der Waals surface area contributed by atoms with Crippen LogP contribution < -0.4 is 0 Å². The molecule has 0 spiro atoms. The van der Waals surface area contributed by atoms with Crippen molar-refractivity contribution in [3.63, 3.8) is 0 Å². The van der Waals surface area contributed by atoms with E-state index in [4.69, 9.17) is 4.98 Å². The van der Waals surface area contributed by atoms with E-state index in [0.717, 1.165) is 22.3 Å². The van der Waals surface area contributed by atoms with Gasteiger partial charge in [0.05, 0.1) is 21.7 Å². The van der Waals surface area contributed by atoms with Gasteiger partial charge in [0.1, 0.15) is 5.69 Å². The topological polar surface area (TPSA) is 63.1 Å². The van der Waals surface area contributed by atoms with Crippen LogP contribution in [-0.4, -0.2) is 20.9 Å².